The van der Waals surface area contributed by atoms with E-state index in [1.807, 2.05) is 6.07 Å². The Kier molecular flexibility index (Phi) is 2.16. The average Bonchev–Trinajstić information content (AvgIpc) is 2.67. The molecule has 0 radical (unpaired) electrons. The van der Waals surface area contributed by atoms with Crippen LogP contribution in [0.25, 0.3) is 11.3 Å². The molecule has 0 spiro atoms. The molecule has 3 rings (SSSR count). The summed E-state index contributed by atoms with van der Waals surface area (Å²) in [6, 6.07) is 5.26. The predicted octanol–water partition coefficient (Wildman–Crippen LogP) is 0.990. The molecule has 5 heteroatoms. The topological polar surface area (TPSA) is 81.1 Å². The number of phenolic OH excluding ortho intramolecular Hbond substituents is 1. The Balaban J connectivity index is 2.27. The fraction of sp³-hybridized carbons (Fsp3) is 0.231. The molecule has 1 aromatic heterocycles. The van der Waals surface area contributed by atoms with Crippen molar-refractivity contribution in [3.8, 4) is 17.0 Å². The molecule has 18 heavy (non-hydrogen) atoms. The van der Waals surface area contributed by atoms with Crippen molar-refractivity contribution < 1.29 is 9.90 Å². The van der Waals surface area contributed by atoms with Crippen LogP contribution < -0.4 is 5.73 Å². The van der Waals surface area contributed by atoms with Gasteiger partial charge in [0, 0.05) is 18.2 Å². The normalized spacial score (nSPS) is 12.9. The zero-order valence-corrected chi connectivity index (χ0v) is 9.97. The van der Waals surface area contributed by atoms with E-state index in [0.29, 0.717) is 5.69 Å². The van der Waals surface area contributed by atoms with Gasteiger partial charge in [0.25, 0.3) is 5.91 Å². The summed E-state index contributed by atoms with van der Waals surface area (Å²) in [5, 5.41) is 13.7. The van der Waals surface area contributed by atoms with E-state index in [-0.39, 0.29) is 5.75 Å². The molecule has 0 saturated carbocycles. The summed E-state index contributed by atoms with van der Waals surface area (Å²) in [5.74, 6) is -0.233. The summed E-state index contributed by atoms with van der Waals surface area (Å²) in [4.78, 5) is 11.4. The molecule has 1 amide bonds. The van der Waals surface area contributed by atoms with E-state index in [9.17, 15) is 9.90 Å². The van der Waals surface area contributed by atoms with Gasteiger partial charge in [0.05, 0.1) is 5.69 Å². The van der Waals surface area contributed by atoms with Gasteiger partial charge in [-0.15, -0.1) is 0 Å². The number of amides is 1. The average molecular weight is 243 g/mol. The lowest BCUT2D eigenvalue weighted by Gasteiger charge is -2.17. The SMILES string of the molecule is Cn1nc(C(N)=O)c2c1-c1ccc(O)cc1CC2. The van der Waals surface area contributed by atoms with Crippen molar-refractivity contribution in [3.63, 3.8) is 0 Å². The minimum absolute atomic E-state index is 0.259. The Hall–Kier alpha value is -2.30. The van der Waals surface area contributed by atoms with Gasteiger partial charge in [0.1, 0.15) is 5.75 Å². The van der Waals surface area contributed by atoms with E-state index >= 15 is 0 Å². The van der Waals surface area contributed by atoms with E-state index in [1.165, 1.54) is 0 Å². The zero-order chi connectivity index (χ0) is 12.9. The minimum atomic E-state index is -0.492. The molecule has 5 nitrogen and oxygen atoms in total. The molecule has 92 valence electrons. The number of aromatic hydroxyl groups is 1. The highest BCUT2D eigenvalue weighted by Gasteiger charge is 2.26. The first-order chi connectivity index (χ1) is 8.58. The van der Waals surface area contributed by atoms with Crippen LogP contribution in [-0.4, -0.2) is 20.8 Å². The van der Waals surface area contributed by atoms with Crippen molar-refractivity contribution in [2.24, 2.45) is 12.8 Å². The lowest BCUT2D eigenvalue weighted by Crippen LogP contribution is -2.15. The lowest BCUT2D eigenvalue weighted by molar-refractivity contribution is 0.0994. The summed E-state index contributed by atoms with van der Waals surface area (Å²) >= 11 is 0. The first-order valence-electron chi connectivity index (χ1n) is 5.76. The number of nitrogens with two attached hydrogens (primary N) is 1. The number of fused-ring (bicyclic) bond motifs is 3. The highest BCUT2D eigenvalue weighted by molar-refractivity contribution is 5.94. The Labute approximate surface area is 104 Å². The van der Waals surface area contributed by atoms with Crippen molar-refractivity contribution in [1.29, 1.82) is 0 Å². The third kappa shape index (κ3) is 1.40. The standard InChI is InChI=1S/C13H13N3O2/c1-16-12-9-5-3-8(17)6-7(9)2-4-10(12)11(15-16)13(14)18/h3,5-6,17H,2,4H2,1H3,(H2,14,18). The monoisotopic (exact) mass is 243 g/mol. The summed E-state index contributed by atoms with van der Waals surface area (Å²) in [7, 11) is 1.80. The molecule has 1 heterocycles. The number of carbonyl (C=O) groups is 1. The molecule has 3 N–H and O–H groups in total. The van der Waals surface area contributed by atoms with Crippen LogP contribution in [0, 0.1) is 0 Å². The summed E-state index contributed by atoms with van der Waals surface area (Å²) in [5.41, 5.74) is 9.60. The minimum Gasteiger partial charge on any atom is -0.508 e. The molecule has 0 atom stereocenters. The lowest BCUT2D eigenvalue weighted by atomic mass is 9.88. The van der Waals surface area contributed by atoms with Gasteiger partial charge >= 0.3 is 0 Å². The smallest absolute Gasteiger partial charge is 0.269 e. The van der Waals surface area contributed by atoms with Gasteiger partial charge in [-0.2, -0.15) is 5.10 Å². The second-order valence-electron chi connectivity index (χ2n) is 4.51. The van der Waals surface area contributed by atoms with Crippen molar-refractivity contribution in [1.82, 2.24) is 9.78 Å². The first kappa shape index (κ1) is 10.8. The molecular weight excluding hydrogens is 230 g/mol. The molecule has 1 aromatic carbocycles. The van der Waals surface area contributed by atoms with Crippen LogP contribution in [0.4, 0.5) is 0 Å². The van der Waals surface area contributed by atoms with E-state index in [0.717, 1.165) is 35.2 Å². The highest BCUT2D eigenvalue weighted by Crippen LogP contribution is 2.36. The van der Waals surface area contributed by atoms with Crippen LogP contribution in [0.5, 0.6) is 5.75 Å². The molecule has 1 aliphatic carbocycles. The molecule has 0 unspecified atom stereocenters. The Morgan fingerprint density at radius 2 is 2.22 bits per heavy atom. The highest BCUT2D eigenvalue weighted by atomic mass is 16.3. The van der Waals surface area contributed by atoms with Gasteiger partial charge in [0.15, 0.2) is 5.69 Å². The Bertz CT molecular complexity index is 658. The van der Waals surface area contributed by atoms with Crippen molar-refractivity contribution in [2.45, 2.75) is 12.8 Å². The number of benzene rings is 1. The quantitative estimate of drug-likeness (QED) is 0.783. The number of aryl methyl sites for hydroxylation is 2. The van der Waals surface area contributed by atoms with Crippen LogP contribution in [0.15, 0.2) is 18.2 Å². The molecule has 0 bridgehead atoms. The van der Waals surface area contributed by atoms with Crippen LogP contribution in [-0.2, 0) is 19.9 Å². The van der Waals surface area contributed by atoms with Gasteiger partial charge in [-0.3, -0.25) is 9.48 Å². The van der Waals surface area contributed by atoms with Crippen molar-refractivity contribution in [3.05, 3.63) is 35.0 Å². The summed E-state index contributed by atoms with van der Waals surface area (Å²) in [6.07, 6.45) is 1.50. The number of phenols is 1. The number of nitrogens with zero attached hydrogens (tertiary/aromatic N) is 2. The molecule has 0 saturated heterocycles. The number of carbonyl (C=O) groups excluding carboxylic acids is 1. The zero-order valence-electron chi connectivity index (χ0n) is 9.97. The van der Waals surface area contributed by atoms with E-state index in [1.54, 1.807) is 23.9 Å². The molecule has 0 fully saturated rings. The van der Waals surface area contributed by atoms with Gasteiger partial charge < -0.3 is 10.8 Å². The van der Waals surface area contributed by atoms with Gasteiger partial charge in [0.2, 0.25) is 0 Å². The van der Waals surface area contributed by atoms with Crippen molar-refractivity contribution in [2.75, 3.05) is 0 Å². The van der Waals surface area contributed by atoms with E-state index < -0.39 is 5.91 Å². The second kappa shape index (κ2) is 3.60. The van der Waals surface area contributed by atoms with E-state index in [4.69, 9.17) is 5.73 Å². The largest absolute Gasteiger partial charge is 0.508 e. The van der Waals surface area contributed by atoms with Crippen LogP contribution in [0.1, 0.15) is 21.6 Å². The number of hydrogen-bond acceptors (Lipinski definition) is 3. The van der Waals surface area contributed by atoms with Crippen LogP contribution in [0.2, 0.25) is 0 Å². The third-order valence-corrected chi connectivity index (χ3v) is 3.37. The van der Waals surface area contributed by atoms with Gasteiger partial charge in [-0.1, -0.05) is 0 Å². The maximum absolute atomic E-state index is 11.4. The summed E-state index contributed by atoms with van der Waals surface area (Å²) in [6.45, 7) is 0. The van der Waals surface area contributed by atoms with Gasteiger partial charge in [-0.25, -0.2) is 0 Å². The third-order valence-electron chi connectivity index (χ3n) is 3.37. The van der Waals surface area contributed by atoms with Crippen LogP contribution >= 0.6 is 0 Å². The molecule has 1 aliphatic rings. The Morgan fingerprint density at radius 3 is 2.94 bits per heavy atom. The maximum atomic E-state index is 11.4. The fourth-order valence-corrected chi connectivity index (χ4v) is 2.62. The van der Waals surface area contributed by atoms with Crippen molar-refractivity contribution >= 4 is 5.91 Å². The fourth-order valence-electron chi connectivity index (χ4n) is 2.62. The second-order valence-corrected chi connectivity index (χ2v) is 4.51. The molecule has 0 aliphatic heterocycles. The number of hydrogen-bond donors (Lipinski definition) is 2. The molecular formula is C13H13N3O2. The Morgan fingerprint density at radius 1 is 1.44 bits per heavy atom. The summed E-state index contributed by atoms with van der Waals surface area (Å²) < 4.78 is 1.68. The van der Waals surface area contributed by atoms with Crippen LogP contribution in [0.3, 0.4) is 0 Å². The maximum Gasteiger partial charge on any atom is 0.269 e. The number of primary amides is 1. The number of aromatic nitrogens is 2. The molecule has 2 aromatic rings. The number of rotatable bonds is 1. The van der Waals surface area contributed by atoms with Gasteiger partial charge in [-0.05, 0) is 36.6 Å². The first-order valence-corrected chi connectivity index (χ1v) is 5.76. The van der Waals surface area contributed by atoms with E-state index in [2.05, 4.69) is 5.10 Å². The predicted molar refractivity (Wildman–Crippen MR) is 66.2 cm³/mol.